The topological polar surface area (TPSA) is 61.0 Å². The van der Waals surface area contributed by atoms with Crippen molar-refractivity contribution in [2.45, 2.75) is 6.54 Å². The minimum Gasteiger partial charge on any atom is -0.390 e. The molecule has 0 aromatic carbocycles. The number of aryl methyl sites for hydroxylation is 1. The molecular weight excluding hydrogens is 214 g/mol. The first-order valence-electron chi connectivity index (χ1n) is 2.97. The molecule has 0 spiro atoms. The van der Waals surface area contributed by atoms with E-state index in [1.807, 2.05) is 0 Å². The highest BCUT2D eigenvalue weighted by Crippen LogP contribution is 2.06. The molecule has 11 heavy (non-hydrogen) atoms. The van der Waals surface area contributed by atoms with Crippen LogP contribution in [0.1, 0.15) is 0 Å². The first kappa shape index (κ1) is 8.19. The van der Waals surface area contributed by atoms with Gasteiger partial charge in [0, 0.05) is 5.33 Å². The largest absolute Gasteiger partial charge is 0.434 e. The fraction of sp³-hybridized carbons (Fsp3) is 0.400. The van der Waals surface area contributed by atoms with Crippen LogP contribution in [0.3, 0.4) is 0 Å². The lowest BCUT2D eigenvalue weighted by Gasteiger charge is -1.96. The molecule has 0 atom stereocenters. The molecule has 0 fully saturated rings. The summed E-state index contributed by atoms with van der Waals surface area (Å²) in [4.78, 5) is 13.3. The van der Waals surface area contributed by atoms with Crippen molar-refractivity contribution in [1.82, 2.24) is 9.55 Å². The number of nitrogens with zero attached hydrogens (tertiary/aromatic N) is 3. The molecule has 1 rings (SSSR count). The molecule has 5 nitrogen and oxygen atoms in total. The molecule has 0 saturated carbocycles. The molecule has 0 amide bonds. The van der Waals surface area contributed by atoms with Crippen molar-refractivity contribution in [2.75, 3.05) is 5.33 Å². The van der Waals surface area contributed by atoms with Crippen molar-refractivity contribution in [1.29, 1.82) is 0 Å². The average Bonchev–Trinajstić information content (AvgIpc) is 2.36. The third kappa shape index (κ3) is 1.76. The van der Waals surface area contributed by atoms with Gasteiger partial charge in [-0.2, -0.15) is 0 Å². The number of aromatic nitrogens is 2. The molecule has 1 heterocycles. The van der Waals surface area contributed by atoms with Gasteiger partial charge in [-0.15, -0.1) is 0 Å². The van der Waals surface area contributed by atoms with Crippen molar-refractivity contribution >= 4 is 21.9 Å². The van der Waals surface area contributed by atoms with Gasteiger partial charge in [-0.3, -0.25) is 0 Å². The Morgan fingerprint density at radius 1 is 1.82 bits per heavy atom. The Labute approximate surface area is 71.3 Å². The highest BCUT2D eigenvalue weighted by atomic mass is 79.9. The molecule has 0 aliphatic heterocycles. The molecular formula is C5H6BrN3O2. The number of alkyl halides is 1. The quantitative estimate of drug-likeness (QED) is 0.436. The predicted molar refractivity (Wildman–Crippen MR) is 42.7 cm³/mol. The van der Waals surface area contributed by atoms with Crippen LogP contribution >= 0.6 is 15.9 Å². The van der Waals surface area contributed by atoms with Gasteiger partial charge in [0.25, 0.3) is 0 Å². The highest BCUT2D eigenvalue weighted by molar-refractivity contribution is 9.09. The molecule has 0 aliphatic carbocycles. The number of hydrogen-bond acceptors (Lipinski definition) is 3. The van der Waals surface area contributed by atoms with Gasteiger partial charge in [-0.05, 0) is 4.92 Å². The molecule has 0 radical (unpaired) electrons. The van der Waals surface area contributed by atoms with Crippen LogP contribution in [0.2, 0.25) is 0 Å². The van der Waals surface area contributed by atoms with Crippen LogP contribution in [0.4, 0.5) is 5.95 Å². The summed E-state index contributed by atoms with van der Waals surface area (Å²) >= 11 is 3.18. The second-order valence-corrected chi connectivity index (χ2v) is 2.66. The normalized spacial score (nSPS) is 9.91. The average molecular weight is 220 g/mol. The maximum Gasteiger partial charge on any atom is 0.434 e. The highest BCUT2D eigenvalue weighted by Gasteiger charge is 2.11. The number of halogens is 1. The third-order valence-corrected chi connectivity index (χ3v) is 1.54. The van der Waals surface area contributed by atoms with Gasteiger partial charge in [0.15, 0.2) is 0 Å². The number of hydrogen-bond donors (Lipinski definition) is 0. The summed E-state index contributed by atoms with van der Waals surface area (Å²) in [7, 11) is 0. The zero-order chi connectivity index (χ0) is 8.27. The lowest BCUT2D eigenvalue weighted by atomic mass is 10.7. The van der Waals surface area contributed by atoms with Crippen LogP contribution in [0.5, 0.6) is 0 Å². The molecule has 1 aromatic heterocycles. The van der Waals surface area contributed by atoms with E-state index in [1.165, 1.54) is 10.8 Å². The van der Waals surface area contributed by atoms with Crippen LogP contribution in [-0.4, -0.2) is 19.8 Å². The van der Waals surface area contributed by atoms with Gasteiger partial charge in [0.05, 0.1) is 6.54 Å². The molecule has 0 saturated heterocycles. The van der Waals surface area contributed by atoms with Crippen molar-refractivity contribution in [3.8, 4) is 0 Å². The van der Waals surface area contributed by atoms with Gasteiger partial charge >= 0.3 is 5.95 Å². The molecule has 0 aliphatic rings. The van der Waals surface area contributed by atoms with Crippen molar-refractivity contribution in [3.63, 3.8) is 0 Å². The van der Waals surface area contributed by atoms with Crippen molar-refractivity contribution in [2.24, 2.45) is 0 Å². The zero-order valence-electron chi connectivity index (χ0n) is 5.61. The summed E-state index contributed by atoms with van der Waals surface area (Å²) in [6.45, 7) is 0.566. The fourth-order valence-electron chi connectivity index (χ4n) is 0.739. The molecule has 0 unspecified atom stereocenters. The first-order chi connectivity index (χ1) is 5.25. The van der Waals surface area contributed by atoms with Gasteiger partial charge in [0.2, 0.25) is 0 Å². The van der Waals surface area contributed by atoms with E-state index in [0.29, 0.717) is 11.9 Å². The predicted octanol–water partition coefficient (Wildman–Crippen LogP) is 1.19. The Bertz CT molecular complexity index is 260. The minimum absolute atomic E-state index is 0.107. The first-order valence-corrected chi connectivity index (χ1v) is 4.09. The van der Waals surface area contributed by atoms with Crippen molar-refractivity contribution in [3.05, 3.63) is 22.5 Å². The Hall–Kier alpha value is -0.910. The van der Waals surface area contributed by atoms with Gasteiger partial charge in [0.1, 0.15) is 12.4 Å². The van der Waals surface area contributed by atoms with Crippen LogP contribution in [0.25, 0.3) is 0 Å². The summed E-state index contributed by atoms with van der Waals surface area (Å²) in [5.41, 5.74) is 0. The lowest BCUT2D eigenvalue weighted by molar-refractivity contribution is -0.396. The summed E-state index contributed by atoms with van der Waals surface area (Å²) in [6, 6.07) is 0. The van der Waals surface area contributed by atoms with E-state index in [9.17, 15) is 10.1 Å². The van der Waals surface area contributed by atoms with E-state index >= 15 is 0 Å². The summed E-state index contributed by atoms with van der Waals surface area (Å²) < 4.78 is 1.48. The van der Waals surface area contributed by atoms with Crippen LogP contribution in [0, 0.1) is 10.1 Å². The Morgan fingerprint density at radius 3 is 3.09 bits per heavy atom. The summed E-state index contributed by atoms with van der Waals surface area (Å²) in [6.07, 6.45) is 3.00. The summed E-state index contributed by atoms with van der Waals surface area (Å²) in [5.74, 6) is -0.107. The number of nitro groups is 1. The standard InChI is InChI=1S/C5H6BrN3O2/c6-1-3-8-4-2-7-5(8)9(10)11/h2,4H,1,3H2. The molecule has 60 valence electrons. The Morgan fingerprint density at radius 2 is 2.55 bits per heavy atom. The molecule has 1 aromatic rings. The minimum atomic E-state index is -0.497. The second-order valence-electron chi connectivity index (χ2n) is 1.87. The molecule has 6 heteroatoms. The lowest BCUT2D eigenvalue weighted by Crippen LogP contribution is -2.03. The van der Waals surface area contributed by atoms with E-state index in [4.69, 9.17) is 0 Å². The van der Waals surface area contributed by atoms with Crippen molar-refractivity contribution < 1.29 is 4.92 Å². The number of imidazole rings is 1. The monoisotopic (exact) mass is 219 g/mol. The van der Waals surface area contributed by atoms with E-state index in [2.05, 4.69) is 20.9 Å². The molecule has 0 bridgehead atoms. The smallest absolute Gasteiger partial charge is 0.390 e. The van der Waals surface area contributed by atoms with Gasteiger partial charge in [-0.25, -0.2) is 4.57 Å². The zero-order valence-corrected chi connectivity index (χ0v) is 7.19. The van der Waals surface area contributed by atoms with E-state index in [1.54, 1.807) is 6.20 Å². The van der Waals surface area contributed by atoms with E-state index < -0.39 is 4.92 Å². The van der Waals surface area contributed by atoms with E-state index in [0.717, 1.165) is 0 Å². The Kier molecular flexibility index (Phi) is 2.58. The van der Waals surface area contributed by atoms with Crippen LogP contribution in [0.15, 0.2) is 12.4 Å². The summed E-state index contributed by atoms with van der Waals surface area (Å²) in [5, 5.41) is 10.9. The SMILES string of the molecule is O=[N+]([O-])c1nccn1CCBr. The van der Waals surface area contributed by atoms with E-state index in [-0.39, 0.29) is 5.95 Å². The third-order valence-electron chi connectivity index (χ3n) is 1.18. The van der Waals surface area contributed by atoms with Crippen LogP contribution < -0.4 is 0 Å². The van der Waals surface area contributed by atoms with Gasteiger partial charge in [-0.1, -0.05) is 20.9 Å². The number of rotatable bonds is 3. The maximum absolute atomic E-state index is 10.3. The van der Waals surface area contributed by atoms with Gasteiger partial charge < -0.3 is 10.1 Å². The Balaban J connectivity index is 2.87. The molecule has 0 N–H and O–H groups in total. The second kappa shape index (κ2) is 3.47. The van der Waals surface area contributed by atoms with Crippen LogP contribution in [-0.2, 0) is 6.54 Å². The maximum atomic E-state index is 10.3. The fourth-order valence-corrected chi connectivity index (χ4v) is 1.12.